The van der Waals surface area contributed by atoms with Gasteiger partial charge in [-0.15, -0.1) is 0 Å². The second-order valence-electron chi connectivity index (χ2n) is 7.40. The second-order valence-corrected chi connectivity index (χ2v) is 7.40. The topological polar surface area (TPSA) is 94.6 Å². The first-order chi connectivity index (χ1) is 14.4. The van der Waals surface area contributed by atoms with E-state index in [0.717, 1.165) is 44.9 Å². The molecule has 154 valence electrons. The zero-order chi connectivity index (χ0) is 21.4. The molecule has 6 heteroatoms. The molecule has 6 nitrogen and oxygen atoms in total. The summed E-state index contributed by atoms with van der Waals surface area (Å²) in [6, 6.07) is 10.9. The van der Waals surface area contributed by atoms with Gasteiger partial charge in [0.1, 0.15) is 0 Å². The van der Waals surface area contributed by atoms with Gasteiger partial charge in [-0.25, -0.2) is 0 Å². The van der Waals surface area contributed by atoms with Crippen molar-refractivity contribution >= 4 is 23.2 Å². The fourth-order valence-corrected chi connectivity index (χ4v) is 3.97. The molecule has 30 heavy (non-hydrogen) atoms. The highest BCUT2D eigenvalue weighted by atomic mass is 16.5. The lowest BCUT2D eigenvalue weighted by molar-refractivity contribution is -0.110. The molecular weight excluding hydrogens is 380 g/mol. The van der Waals surface area contributed by atoms with Gasteiger partial charge in [0.05, 0.1) is 12.7 Å². The van der Waals surface area contributed by atoms with Gasteiger partial charge in [-0.1, -0.05) is 18.2 Å². The van der Waals surface area contributed by atoms with E-state index in [-0.39, 0.29) is 18.3 Å². The largest absolute Gasteiger partial charge is 0.504 e. The molecule has 0 radical (unpaired) electrons. The van der Waals surface area contributed by atoms with Crippen molar-refractivity contribution in [2.75, 3.05) is 19.0 Å². The quantitative estimate of drug-likeness (QED) is 0.483. The number of H-pyrrole nitrogens is 1. The number of hydrogen-bond acceptors (Lipinski definition) is 4. The average molecular weight is 404 g/mol. The van der Waals surface area contributed by atoms with Crippen molar-refractivity contribution in [2.45, 2.75) is 20.3 Å². The molecule has 0 fully saturated rings. The number of amides is 1. The summed E-state index contributed by atoms with van der Waals surface area (Å²) in [5.41, 5.74) is 7.97. The number of aromatic hydroxyl groups is 1. The summed E-state index contributed by atoms with van der Waals surface area (Å²) in [5, 5.41) is 22.0. The number of hydrogen-bond donors (Lipinski definition) is 4. The van der Waals surface area contributed by atoms with E-state index in [0.29, 0.717) is 17.7 Å². The number of fused-ring (bicyclic) bond motifs is 1. The first-order valence-corrected chi connectivity index (χ1v) is 9.76. The number of carbonyl (C=O) groups is 1. The second kappa shape index (κ2) is 7.72. The first kappa shape index (κ1) is 19.8. The summed E-state index contributed by atoms with van der Waals surface area (Å²) in [5.74, 6) is 0.327. The van der Waals surface area contributed by atoms with Crippen molar-refractivity contribution in [3.63, 3.8) is 0 Å². The molecule has 0 atom stereocenters. The standard InChI is InChI=1S/C24H24N2O4/c1-13-17(8-9-27)14(2)25-20(13)12-19-18-6-4-15(10-21(18)26-24(19)29)16-5-7-22(28)23(11-16)30-3/h4-7,10-12,25,27-28H,8-9H2,1-3H3,(H,26,29)/b19-12-. The third-order valence-electron chi connectivity index (χ3n) is 5.60. The minimum absolute atomic E-state index is 0.0816. The maximum atomic E-state index is 12.7. The predicted octanol–water partition coefficient (Wildman–Crippen LogP) is 4.04. The Morgan fingerprint density at radius 3 is 2.57 bits per heavy atom. The van der Waals surface area contributed by atoms with Gasteiger partial charge in [-0.2, -0.15) is 0 Å². The van der Waals surface area contributed by atoms with E-state index in [1.807, 2.05) is 38.1 Å². The van der Waals surface area contributed by atoms with Crippen LogP contribution < -0.4 is 10.1 Å². The molecule has 4 rings (SSSR count). The number of aliphatic hydroxyl groups excluding tert-OH is 1. The van der Waals surface area contributed by atoms with E-state index in [9.17, 15) is 15.0 Å². The number of methoxy groups -OCH3 is 1. The van der Waals surface area contributed by atoms with Crippen LogP contribution in [0.1, 0.15) is 28.1 Å². The molecule has 0 aliphatic carbocycles. The number of carbonyl (C=O) groups excluding carboxylic acids is 1. The zero-order valence-electron chi connectivity index (χ0n) is 17.2. The van der Waals surface area contributed by atoms with Gasteiger partial charge >= 0.3 is 0 Å². The van der Waals surface area contributed by atoms with E-state index in [1.165, 1.54) is 7.11 Å². The van der Waals surface area contributed by atoms with E-state index in [4.69, 9.17) is 4.74 Å². The Kier molecular flexibility index (Phi) is 5.10. The maximum absolute atomic E-state index is 12.7. The van der Waals surface area contributed by atoms with Crippen LogP contribution in [0.3, 0.4) is 0 Å². The smallest absolute Gasteiger partial charge is 0.256 e. The van der Waals surface area contributed by atoms with Crippen molar-refractivity contribution in [3.8, 4) is 22.6 Å². The molecule has 0 unspecified atom stereocenters. The predicted molar refractivity (Wildman–Crippen MR) is 118 cm³/mol. The fourth-order valence-electron chi connectivity index (χ4n) is 3.97. The average Bonchev–Trinajstić information content (AvgIpc) is 3.18. The number of benzene rings is 2. The molecule has 0 bridgehead atoms. The number of aromatic amines is 1. The van der Waals surface area contributed by atoms with E-state index >= 15 is 0 Å². The van der Waals surface area contributed by atoms with E-state index in [1.54, 1.807) is 18.2 Å². The number of phenols is 1. The summed E-state index contributed by atoms with van der Waals surface area (Å²) in [7, 11) is 1.51. The number of anilines is 1. The van der Waals surface area contributed by atoms with Gasteiger partial charge in [0, 0.05) is 29.2 Å². The number of aliphatic hydroxyl groups is 1. The van der Waals surface area contributed by atoms with Crippen LogP contribution in [0.2, 0.25) is 0 Å². The molecule has 1 aromatic heterocycles. The highest BCUT2D eigenvalue weighted by Gasteiger charge is 2.25. The van der Waals surface area contributed by atoms with E-state index < -0.39 is 0 Å². The van der Waals surface area contributed by atoms with Crippen molar-refractivity contribution < 1.29 is 19.7 Å². The highest BCUT2D eigenvalue weighted by Crippen LogP contribution is 2.38. The zero-order valence-corrected chi connectivity index (χ0v) is 17.2. The van der Waals surface area contributed by atoms with Crippen molar-refractivity contribution in [1.29, 1.82) is 0 Å². The summed E-state index contributed by atoms with van der Waals surface area (Å²) >= 11 is 0. The van der Waals surface area contributed by atoms with Gasteiger partial charge in [0.2, 0.25) is 0 Å². The van der Waals surface area contributed by atoms with Crippen molar-refractivity contribution in [2.24, 2.45) is 0 Å². The number of ether oxygens (including phenoxy) is 1. The summed E-state index contributed by atoms with van der Waals surface area (Å²) in [4.78, 5) is 16.0. The number of nitrogens with one attached hydrogen (secondary N) is 2. The minimum Gasteiger partial charge on any atom is -0.504 e. The lowest BCUT2D eigenvalue weighted by Crippen LogP contribution is -2.03. The Labute approximate surface area is 174 Å². The third kappa shape index (κ3) is 3.35. The lowest BCUT2D eigenvalue weighted by atomic mass is 9.99. The van der Waals surface area contributed by atoms with E-state index in [2.05, 4.69) is 10.3 Å². The molecule has 2 aromatic carbocycles. The molecule has 1 aliphatic heterocycles. The van der Waals surface area contributed by atoms with Crippen molar-refractivity contribution in [1.82, 2.24) is 4.98 Å². The highest BCUT2D eigenvalue weighted by molar-refractivity contribution is 6.35. The summed E-state index contributed by atoms with van der Waals surface area (Å²) < 4.78 is 5.19. The van der Waals surface area contributed by atoms with Crippen molar-refractivity contribution in [3.05, 3.63) is 64.5 Å². The summed E-state index contributed by atoms with van der Waals surface area (Å²) in [6.07, 6.45) is 2.45. The Balaban J connectivity index is 1.73. The van der Waals surface area contributed by atoms with Crippen LogP contribution >= 0.6 is 0 Å². The SMILES string of the molecule is COc1cc(-c2ccc3c(c2)NC(=O)/C3=C\c2[nH]c(C)c(CCO)c2C)ccc1O. The monoisotopic (exact) mass is 404 g/mol. The van der Waals surface area contributed by atoms with Crippen LogP contribution in [0, 0.1) is 13.8 Å². The Bertz CT molecular complexity index is 1170. The van der Waals surface area contributed by atoms with Gasteiger partial charge in [0.25, 0.3) is 5.91 Å². The van der Waals surface area contributed by atoms with Crippen LogP contribution in [-0.4, -0.2) is 34.8 Å². The van der Waals surface area contributed by atoms with Crippen LogP contribution in [0.4, 0.5) is 5.69 Å². The first-order valence-electron chi connectivity index (χ1n) is 9.76. The molecular formula is C24H24N2O4. The third-order valence-corrected chi connectivity index (χ3v) is 5.60. The number of rotatable bonds is 5. The van der Waals surface area contributed by atoms with Crippen LogP contribution in [0.5, 0.6) is 11.5 Å². The van der Waals surface area contributed by atoms with Gasteiger partial charge in [-0.05, 0) is 66.8 Å². The van der Waals surface area contributed by atoms with Gasteiger partial charge in [-0.3, -0.25) is 4.79 Å². The molecule has 2 heterocycles. The normalized spacial score (nSPS) is 14.1. The molecule has 0 saturated heterocycles. The number of aromatic nitrogens is 1. The van der Waals surface area contributed by atoms with Crippen LogP contribution in [-0.2, 0) is 11.2 Å². The lowest BCUT2D eigenvalue weighted by Gasteiger charge is -2.08. The molecule has 1 aliphatic rings. The molecule has 3 aromatic rings. The Morgan fingerprint density at radius 2 is 1.83 bits per heavy atom. The van der Waals surface area contributed by atoms with Crippen LogP contribution in [0.15, 0.2) is 36.4 Å². The van der Waals surface area contributed by atoms with Gasteiger partial charge < -0.3 is 25.3 Å². The summed E-state index contributed by atoms with van der Waals surface area (Å²) in [6.45, 7) is 4.06. The fraction of sp³-hybridized carbons (Fsp3) is 0.208. The van der Waals surface area contributed by atoms with Crippen LogP contribution in [0.25, 0.3) is 22.8 Å². The molecule has 0 spiro atoms. The number of phenolic OH excluding ortho intramolecular Hbond substituents is 1. The minimum atomic E-state index is -0.152. The molecule has 0 saturated carbocycles. The molecule has 4 N–H and O–H groups in total. The molecule has 1 amide bonds. The number of aryl methyl sites for hydroxylation is 1. The van der Waals surface area contributed by atoms with Gasteiger partial charge in [0.15, 0.2) is 11.5 Å². The maximum Gasteiger partial charge on any atom is 0.256 e. The Morgan fingerprint density at radius 1 is 1.10 bits per heavy atom. The Hall–Kier alpha value is -3.51.